The lowest BCUT2D eigenvalue weighted by Gasteiger charge is -2.40. The molecular weight excluding hydrogens is 566 g/mol. The summed E-state index contributed by atoms with van der Waals surface area (Å²) in [7, 11) is 0. The second-order valence-corrected chi connectivity index (χ2v) is 11.5. The Morgan fingerprint density at radius 2 is 1.84 bits per heavy atom. The number of nitrogens with zero attached hydrogens (tertiary/aromatic N) is 5. The molecule has 1 atom stereocenters. The molecule has 2 aliphatic rings. The Morgan fingerprint density at radius 3 is 2.57 bits per heavy atom. The molecule has 1 unspecified atom stereocenters. The van der Waals surface area contributed by atoms with Gasteiger partial charge in [-0.3, -0.25) is 9.59 Å². The molecule has 0 radical (unpaired) electrons. The number of hydrogen-bond acceptors (Lipinski definition) is 6. The van der Waals surface area contributed by atoms with Crippen molar-refractivity contribution in [3.8, 4) is 16.9 Å². The van der Waals surface area contributed by atoms with Gasteiger partial charge in [0.15, 0.2) is 11.5 Å². The number of hydrogen-bond donors (Lipinski definition) is 1. The van der Waals surface area contributed by atoms with E-state index in [9.17, 15) is 14.4 Å². The quantitative estimate of drug-likeness (QED) is 0.335. The van der Waals surface area contributed by atoms with Gasteiger partial charge in [0.25, 0.3) is 0 Å². The average Bonchev–Trinajstić information content (AvgIpc) is 2.99. The van der Waals surface area contributed by atoms with Crippen molar-refractivity contribution in [2.45, 2.75) is 45.6 Å². The summed E-state index contributed by atoms with van der Waals surface area (Å²) in [6, 6.07) is 10.7. The highest BCUT2D eigenvalue weighted by Crippen LogP contribution is 2.37. The minimum Gasteiger partial charge on any atom is -0.350 e. The Kier molecular flexibility index (Phi) is 7.48. The van der Waals surface area contributed by atoms with Gasteiger partial charge in [-0.2, -0.15) is 4.98 Å². The molecule has 1 saturated heterocycles. The van der Waals surface area contributed by atoms with Gasteiger partial charge in [-0.15, -0.1) is 0 Å². The van der Waals surface area contributed by atoms with E-state index in [4.69, 9.17) is 0 Å². The van der Waals surface area contributed by atoms with Crippen molar-refractivity contribution < 1.29 is 18.4 Å². The Hall–Kier alpha value is -4.93. The predicted molar refractivity (Wildman–Crippen MR) is 165 cm³/mol. The van der Waals surface area contributed by atoms with Crippen molar-refractivity contribution in [3.05, 3.63) is 88.4 Å². The molecule has 1 N–H and O–H groups in total. The number of aromatic nitrogens is 3. The second kappa shape index (κ2) is 11.3. The molecule has 2 bridgehead atoms. The van der Waals surface area contributed by atoms with Crippen molar-refractivity contribution in [1.29, 1.82) is 0 Å². The van der Waals surface area contributed by atoms with E-state index < -0.39 is 17.3 Å². The van der Waals surface area contributed by atoms with Gasteiger partial charge in [-0.05, 0) is 54.7 Å². The first-order valence-electron chi connectivity index (χ1n) is 14.6. The van der Waals surface area contributed by atoms with Crippen LogP contribution in [0.1, 0.15) is 44.2 Å². The molecule has 44 heavy (non-hydrogen) atoms. The van der Waals surface area contributed by atoms with Gasteiger partial charge >= 0.3 is 5.69 Å². The zero-order valence-electron chi connectivity index (χ0n) is 24.7. The minimum absolute atomic E-state index is 0.0260. The largest absolute Gasteiger partial charge is 0.355 e. The number of carbonyl (C=O) groups is 2. The van der Waals surface area contributed by atoms with Crippen LogP contribution in [0.5, 0.6) is 0 Å². The number of piperazine rings is 1. The number of aryl methyl sites for hydroxylation is 1. The first-order chi connectivity index (χ1) is 21.1. The number of para-hydroxylation sites is 1. The third-order valence-electron chi connectivity index (χ3n) is 8.33. The lowest BCUT2D eigenvalue weighted by atomic mass is 9.95. The highest BCUT2D eigenvalue weighted by Gasteiger charge is 2.31. The van der Waals surface area contributed by atoms with Crippen LogP contribution in [0.15, 0.2) is 59.9 Å². The van der Waals surface area contributed by atoms with Crippen LogP contribution in [0.4, 0.5) is 20.3 Å². The van der Waals surface area contributed by atoms with E-state index in [1.165, 1.54) is 34.9 Å². The lowest BCUT2D eigenvalue weighted by Crippen LogP contribution is -2.54. The van der Waals surface area contributed by atoms with Crippen LogP contribution in [0.3, 0.4) is 0 Å². The molecule has 1 fully saturated rings. The van der Waals surface area contributed by atoms with Crippen molar-refractivity contribution in [2.24, 2.45) is 0 Å². The molecule has 4 heterocycles. The molecule has 2 aliphatic heterocycles. The number of amides is 2. The standard InChI is InChI=1S/C33H32F2N6O3/c1-5-27(43)39-14-15-40(19(4)17-39)31-22-16-24(35)29-28-23(34)10-7-11-25(28)36-26(42)13-12-20-8-6-9-21(18(2)3)30(20)41(32(22)37-29)33(44)38-31/h5-11,16,18-19H,1,12-15,17H2,2-4H3,(H,36,42). The minimum atomic E-state index is -0.839. The molecule has 0 saturated carbocycles. The van der Waals surface area contributed by atoms with E-state index in [0.717, 1.165) is 11.1 Å². The third-order valence-corrected chi connectivity index (χ3v) is 8.33. The molecule has 11 heteroatoms. The first-order valence-corrected chi connectivity index (χ1v) is 14.6. The molecule has 2 amide bonds. The monoisotopic (exact) mass is 598 g/mol. The number of nitrogens with one attached hydrogen (secondary N) is 1. The summed E-state index contributed by atoms with van der Waals surface area (Å²) in [4.78, 5) is 52.2. The van der Waals surface area contributed by atoms with Crippen molar-refractivity contribution in [2.75, 3.05) is 29.9 Å². The summed E-state index contributed by atoms with van der Waals surface area (Å²) in [5.41, 5.74) is 1.08. The fourth-order valence-corrected chi connectivity index (χ4v) is 6.18. The SMILES string of the molecule is C=CC(=O)N1CCN(c2nc(=O)n3c4nc(c(F)cc24)-c2c(F)cccc2NC(=O)CCc2cccc(C(C)C)c2-3)C(C)C1. The fourth-order valence-electron chi connectivity index (χ4n) is 6.18. The highest BCUT2D eigenvalue weighted by molar-refractivity contribution is 5.97. The molecule has 4 aromatic rings. The molecular formula is C33H32F2N6O3. The summed E-state index contributed by atoms with van der Waals surface area (Å²) < 4.78 is 32.9. The predicted octanol–water partition coefficient (Wildman–Crippen LogP) is 4.96. The normalized spacial score (nSPS) is 16.7. The van der Waals surface area contributed by atoms with Crippen LogP contribution < -0.4 is 15.9 Å². The number of anilines is 2. The topological polar surface area (TPSA) is 100 Å². The Bertz CT molecular complexity index is 1900. The summed E-state index contributed by atoms with van der Waals surface area (Å²) >= 11 is 0. The summed E-state index contributed by atoms with van der Waals surface area (Å²) in [6.07, 6.45) is 1.59. The Morgan fingerprint density at radius 1 is 1.07 bits per heavy atom. The fraction of sp³-hybridized carbons (Fsp3) is 0.303. The highest BCUT2D eigenvalue weighted by atomic mass is 19.1. The Labute approximate surface area is 252 Å². The maximum Gasteiger partial charge on any atom is 0.355 e. The van der Waals surface area contributed by atoms with Crippen LogP contribution in [-0.4, -0.2) is 56.9 Å². The van der Waals surface area contributed by atoms with Crippen LogP contribution in [0.25, 0.3) is 28.0 Å². The van der Waals surface area contributed by atoms with E-state index in [0.29, 0.717) is 25.3 Å². The smallest absolute Gasteiger partial charge is 0.350 e. The van der Waals surface area contributed by atoms with E-state index in [1.807, 2.05) is 43.9 Å². The van der Waals surface area contributed by atoms with E-state index in [-0.39, 0.29) is 70.4 Å². The lowest BCUT2D eigenvalue weighted by molar-refractivity contribution is -0.126. The second-order valence-electron chi connectivity index (χ2n) is 11.5. The summed E-state index contributed by atoms with van der Waals surface area (Å²) in [5, 5.41) is 3.00. The number of rotatable bonds is 3. The van der Waals surface area contributed by atoms with Gasteiger partial charge in [0.05, 0.1) is 22.3 Å². The average molecular weight is 599 g/mol. The van der Waals surface area contributed by atoms with E-state index in [1.54, 1.807) is 4.90 Å². The zero-order valence-corrected chi connectivity index (χ0v) is 24.7. The Balaban J connectivity index is 1.70. The maximum absolute atomic E-state index is 16.2. The number of pyridine rings is 1. The molecule has 0 aliphatic carbocycles. The number of benzene rings is 2. The van der Waals surface area contributed by atoms with Gasteiger partial charge in [0.1, 0.15) is 17.3 Å². The van der Waals surface area contributed by atoms with Gasteiger partial charge in [0, 0.05) is 32.1 Å². The van der Waals surface area contributed by atoms with E-state index in [2.05, 4.69) is 21.9 Å². The maximum atomic E-state index is 16.2. The number of carbonyl (C=O) groups excluding carboxylic acids is 2. The molecule has 2 aromatic heterocycles. The van der Waals surface area contributed by atoms with Crippen molar-refractivity contribution in [3.63, 3.8) is 0 Å². The third kappa shape index (κ3) is 4.91. The van der Waals surface area contributed by atoms with Crippen LogP contribution in [0, 0.1) is 11.6 Å². The van der Waals surface area contributed by atoms with Crippen molar-refractivity contribution in [1.82, 2.24) is 19.4 Å². The van der Waals surface area contributed by atoms with E-state index >= 15 is 8.78 Å². The van der Waals surface area contributed by atoms with Gasteiger partial charge in [0.2, 0.25) is 11.8 Å². The van der Waals surface area contributed by atoms with Crippen LogP contribution in [0.2, 0.25) is 0 Å². The molecule has 9 nitrogen and oxygen atoms in total. The van der Waals surface area contributed by atoms with Gasteiger partial charge < -0.3 is 15.1 Å². The van der Waals surface area contributed by atoms with Crippen molar-refractivity contribution >= 4 is 34.4 Å². The van der Waals surface area contributed by atoms with Crippen LogP contribution in [-0.2, 0) is 16.0 Å². The number of fused-ring (bicyclic) bond motifs is 5. The summed E-state index contributed by atoms with van der Waals surface area (Å²) in [6.45, 7) is 10.5. The number of halogens is 2. The summed E-state index contributed by atoms with van der Waals surface area (Å²) in [5.74, 6) is -1.99. The zero-order chi connectivity index (χ0) is 31.3. The molecule has 226 valence electrons. The van der Waals surface area contributed by atoms with Gasteiger partial charge in [-0.25, -0.2) is 23.1 Å². The molecule has 0 spiro atoms. The van der Waals surface area contributed by atoms with Crippen LogP contribution >= 0.6 is 0 Å². The first kappa shape index (κ1) is 29.2. The molecule has 6 rings (SSSR count). The molecule has 2 aromatic carbocycles. The van der Waals surface area contributed by atoms with Gasteiger partial charge in [-0.1, -0.05) is 44.7 Å².